The summed E-state index contributed by atoms with van der Waals surface area (Å²) in [5.74, 6) is -0.873. The number of hydrogen-bond acceptors (Lipinski definition) is 5. The molecule has 1 heterocycles. The molecule has 0 atom stereocenters. The molecule has 1 amide bonds. The largest absolute Gasteiger partial charge is 0.461 e. The second-order valence-corrected chi connectivity index (χ2v) is 5.43. The van der Waals surface area contributed by atoms with Gasteiger partial charge in [0.1, 0.15) is 5.69 Å². The number of nitrogens with one attached hydrogen (secondary N) is 1. The third-order valence-electron chi connectivity index (χ3n) is 3.85. The zero-order valence-corrected chi connectivity index (χ0v) is 15.1. The van der Waals surface area contributed by atoms with Crippen molar-refractivity contribution in [1.29, 1.82) is 0 Å². The molecular formula is C18H24N4O3. The quantitative estimate of drug-likeness (QED) is 0.782. The van der Waals surface area contributed by atoms with Crippen molar-refractivity contribution in [3.05, 3.63) is 41.7 Å². The standard InChI is InChI=1S/C18H24N4O3/c1-5-22(6-2)14-10-8-13(9-11-14)19-17(23)15-12-16(21(4)20-15)18(24)25-7-3/h8-12H,5-7H2,1-4H3,(H,19,23). The van der Waals surface area contributed by atoms with Crippen LogP contribution in [0.25, 0.3) is 0 Å². The highest BCUT2D eigenvalue weighted by Gasteiger charge is 2.18. The van der Waals surface area contributed by atoms with Crippen LogP contribution < -0.4 is 10.2 Å². The summed E-state index contributed by atoms with van der Waals surface area (Å²) < 4.78 is 6.28. The summed E-state index contributed by atoms with van der Waals surface area (Å²) in [5, 5.41) is 6.86. The van der Waals surface area contributed by atoms with Crippen LogP contribution in [-0.4, -0.2) is 41.4 Å². The van der Waals surface area contributed by atoms with Crippen LogP contribution in [0.2, 0.25) is 0 Å². The molecule has 0 radical (unpaired) electrons. The summed E-state index contributed by atoms with van der Waals surface area (Å²) in [5.41, 5.74) is 2.18. The number of rotatable bonds is 7. The first kappa shape index (κ1) is 18.5. The first-order valence-corrected chi connectivity index (χ1v) is 8.37. The number of hydrogen-bond donors (Lipinski definition) is 1. The zero-order valence-electron chi connectivity index (χ0n) is 15.1. The van der Waals surface area contributed by atoms with Crippen LogP contribution in [-0.2, 0) is 11.8 Å². The van der Waals surface area contributed by atoms with Crippen molar-refractivity contribution < 1.29 is 14.3 Å². The van der Waals surface area contributed by atoms with Crippen molar-refractivity contribution in [3.8, 4) is 0 Å². The van der Waals surface area contributed by atoms with Gasteiger partial charge in [-0.25, -0.2) is 4.79 Å². The average Bonchev–Trinajstić information content (AvgIpc) is 3.00. The third-order valence-corrected chi connectivity index (χ3v) is 3.85. The van der Waals surface area contributed by atoms with Crippen molar-refractivity contribution in [2.45, 2.75) is 20.8 Å². The topological polar surface area (TPSA) is 76.5 Å². The number of aromatic nitrogens is 2. The minimum absolute atomic E-state index is 0.165. The van der Waals surface area contributed by atoms with Gasteiger partial charge in [0.05, 0.1) is 6.61 Å². The Bertz CT molecular complexity index is 733. The van der Waals surface area contributed by atoms with Crippen LogP contribution in [0, 0.1) is 0 Å². The van der Waals surface area contributed by atoms with Crippen molar-refractivity contribution in [1.82, 2.24) is 9.78 Å². The van der Waals surface area contributed by atoms with Crippen LogP contribution in [0.15, 0.2) is 30.3 Å². The Morgan fingerprint density at radius 2 is 1.80 bits per heavy atom. The number of ether oxygens (including phenoxy) is 1. The van der Waals surface area contributed by atoms with E-state index in [1.54, 1.807) is 14.0 Å². The SMILES string of the molecule is CCOC(=O)c1cc(C(=O)Nc2ccc(N(CC)CC)cc2)nn1C. The number of amides is 1. The number of esters is 1. The summed E-state index contributed by atoms with van der Waals surface area (Å²) in [7, 11) is 1.60. The molecule has 0 bridgehead atoms. The van der Waals surface area contributed by atoms with Gasteiger partial charge in [-0.05, 0) is 45.0 Å². The fraction of sp³-hybridized carbons (Fsp3) is 0.389. The Kier molecular flexibility index (Phi) is 6.16. The minimum atomic E-state index is -0.500. The normalized spacial score (nSPS) is 10.4. The number of anilines is 2. The molecule has 1 N–H and O–H groups in total. The second kappa shape index (κ2) is 8.32. The molecule has 7 nitrogen and oxygen atoms in total. The molecule has 1 aromatic carbocycles. The van der Waals surface area contributed by atoms with Gasteiger partial charge in [-0.15, -0.1) is 0 Å². The van der Waals surface area contributed by atoms with Gasteiger partial charge in [0.2, 0.25) is 0 Å². The molecule has 0 aliphatic heterocycles. The molecule has 2 rings (SSSR count). The maximum absolute atomic E-state index is 12.3. The summed E-state index contributed by atoms with van der Waals surface area (Å²) in [6.07, 6.45) is 0. The van der Waals surface area contributed by atoms with E-state index in [1.165, 1.54) is 10.7 Å². The smallest absolute Gasteiger partial charge is 0.356 e. The molecule has 25 heavy (non-hydrogen) atoms. The highest BCUT2D eigenvalue weighted by Crippen LogP contribution is 2.18. The molecule has 0 spiro atoms. The van der Waals surface area contributed by atoms with Crippen LogP contribution in [0.4, 0.5) is 11.4 Å². The first-order valence-electron chi connectivity index (χ1n) is 8.37. The van der Waals surface area contributed by atoms with Gasteiger partial charge in [-0.2, -0.15) is 5.10 Å². The minimum Gasteiger partial charge on any atom is -0.461 e. The highest BCUT2D eigenvalue weighted by atomic mass is 16.5. The lowest BCUT2D eigenvalue weighted by molar-refractivity contribution is 0.0513. The molecular weight excluding hydrogens is 320 g/mol. The zero-order chi connectivity index (χ0) is 18.4. The van der Waals surface area contributed by atoms with Gasteiger partial charge in [0.25, 0.3) is 5.91 Å². The number of benzene rings is 1. The summed E-state index contributed by atoms with van der Waals surface area (Å²) in [4.78, 5) is 26.4. The van der Waals surface area contributed by atoms with Crippen LogP contribution in [0.5, 0.6) is 0 Å². The number of carbonyl (C=O) groups is 2. The Labute approximate surface area is 147 Å². The maximum Gasteiger partial charge on any atom is 0.356 e. The molecule has 134 valence electrons. The predicted octanol–water partition coefficient (Wildman–Crippen LogP) is 2.70. The molecule has 0 saturated carbocycles. The Hall–Kier alpha value is -2.83. The van der Waals surface area contributed by atoms with Gasteiger partial charge >= 0.3 is 5.97 Å². The molecule has 1 aromatic heterocycles. The lowest BCUT2D eigenvalue weighted by atomic mass is 10.2. The monoisotopic (exact) mass is 344 g/mol. The predicted molar refractivity (Wildman–Crippen MR) is 97.1 cm³/mol. The van der Waals surface area contributed by atoms with E-state index in [1.807, 2.05) is 24.3 Å². The van der Waals surface area contributed by atoms with Crippen molar-refractivity contribution in [2.24, 2.45) is 7.05 Å². The lowest BCUT2D eigenvalue weighted by Gasteiger charge is -2.21. The molecule has 0 aliphatic carbocycles. The Morgan fingerprint density at radius 1 is 1.16 bits per heavy atom. The van der Waals surface area contributed by atoms with E-state index in [2.05, 4.69) is 29.2 Å². The van der Waals surface area contributed by atoms with Crippen molar-refractivity contribution >= 4 is 23.3 Å². The van der Waals surface area contributed by atoms with Crippen molar-refractivity contribution in [3.63, 3.8) is 0 Å². The Morgan fingerprint density at radius 3 is 2.36 bits per heavy atom. The maximum atomic E-state index is 12.3. The molecule has 0 aliphatic rings. The molecule has 2 aromatic rings. The van der Waals surface area contributed by atoms with E-state index in [0.717, 1.165) is 18.8 Å². The number of nitrogens with zero attached hydrogens (tertiary/aromatic N) is 3. The van der Waals surface area contributed by atoms with E-state index in [4.69, 9.17) is 4.74 Å². The summed E-state index contributed by atoms with van der Waals surface area (Å²) in [6, 6.07) is 9.05. The second-order valence-electron chi connectivity index (χ2n) is 5.43. The van der Waals surface area contributed by atoms with Crippen LogP contribution >= 0.6 is 0 Å². The molecule has 0 unspecified atom stereocenters. The Balaban J connectivity index is 2.09. The van der Waals surface area contributed by atoms with E-state index >= 15 is 0 Å². The lowest BCUT2D eigenvalue weighted by Crippen LogP contribution is -2.21. The molecule has 7 heteroatoms. The van der Waals surface area contributed by atoms with Crippen molar-refractivity contribution in [2.75, 3.05) is 29.9 Å². The molecule has 0 saturated heterocycles. The fourth-order valence-corrected chi connectivity index (χ4v) is 2.51. The van der Waals surface area contributed by atoms with Gasteiger partial charge in [-0.3, -0.25) is 9.48 Å². The van der Waals surface area contributed by atoms with Gasteiger partial charge in [0, 0.05) is 37.6 Å². The summed E-state index contributed by atoms with van der Waals surface area (Å²) in [6.45, 7) is 8.04. The third kappa shape index (κ3) is 4.37. The number of carbonyl (C=O) groups excluding carboxylic acids is 2. The summed E-state index contributed by atoms with van der Waals surface area (Å²) >= 11 is 0. The van der Waals surface area contributed by atoms with Crippen LogP contribution in [0.3, 0.4) is 0 Å². The molecule has 0 fully saturated rings. The van der Waals surface area contributed by atoms with Gasteiger partial charge < -0.3 is 15.0 Å². The van der Waals surface area contributed by atoms with E-state index < -0.39 is 5.97 Å². The van der Waals surface area contributed by atoms with E-state index in [9.17, 15) is 9.59 Å². The number of aryl methyl sites for hydroxylation is 1. The average molecular weight is 344 g/mol. The van der Waals surface area contributed by atoms with E-state index in [0.29, 0.717) is 5.69 Å². The van der Waals surface area contributed by atoms with Gasteiger partial charge in [-0.1, -0.05) is 0 Å². The first-order chi connectivity index (χ1) is 12.0. The van der Waals surface area contributed by atoms with Crippen LogP contribution in [0.1, 0.15) is 41.7 Å². The van der Waals surface area contributed by atoms with E-state index in [-0.39, 0.29) is 23.9 Å². The fourth-order valence-electron chi connectivity index (χ4n) is 2.51. The van der Waals surface area contributed by atoms with Gasteiger partial charge in [0.15, 0.2) is 5.69 Å². The highest BCUT2D eigenvalue weighted by molar-refractivity contribution is 6.04.